The molecule has 52 heavy (non-hydrogen) atoms. The van der Waals surface area contributed by atoms with Crippen LogP contribution in [0.4, 0.5) is 4.79 Å². The van der Waals surface area contributed by atoms with Crippen LogP contribution in [0.3, 0.4) is 0 Å². The van der Waals surface area contributed by atoms with Gasteiger partial charge in [0.15, 0.2) is 0 Å². The number of hydrogen-bond acceptors (Lipinski definition) is 7. The van der Waals surface area contributed by atoms with Crippen molar-refractivity contribution in [3.8, 4) is 0 Å². The van der Waals surface area contributed by atoms with E-state index in [1.165, 1.54) is 0 Å². The highest BCUT2D eigenvalue weighted by atomic mass is 16.2. The Kier molecular flexibility index (Phi) is 18.1. The van der Waals surface area contributed by atoms with Crippen LogP contribution in [0, 0.1) is 5.92 Å². The van der Waals surface area contributed by atoms with Gasteiger partial charge in [0.1, 0.15) is 18.1 Å². The second-order valence-corrected chi connectivity index (χ2v) is 14.1. The predicted octanol–water partition coefficient (Wildman–Crippen LogP) is 2.17. The summed E-state index contributed by atoms with van der Waals surface area (Å²) in [6.45, 7) is 7.96. The molecular weight excluding hydrogens is 660 g/mol. The van der Waals surface area contributed by atoms with Crippen LogP contribution in [0.1, 0.15) is 76.3 Å². The summed E-state index contributed by atoms with van der Waals surface area (Å²) in [7, 11) is 1.56. The van der Waals surface area contributed by atoms with Gasteiger partial charge in [-0.15, -0.1) is 0 Å². The summed E-state index contributed by atoms with van der Waals surface area (Å²) in [6.07, 6.45) is 3.53. The lowest BCUT2D eigenvalue weighted by Crippen LogP contribution is -2.58. The Morgan fingerprint density at radius 1 is 0.808 bits per heavy atom. The van der Waals surface area contributed by atoms with Gasteiger partial charge in [-0.05, 0) is 68.0 Å². The molecule has 1 aliphatic rings. The van der Waals surface area contributed by atoms with Gasteiger partial charge in [-0.25, -0.2) is 4.79 Å². The standard InChI is InChI=1S/C39H60N8O5/c1-27(2)23-33(36(49)45-32(17-11-12-20-40)38(51)47-21-18-31(19-22-47)43-39(52)41-4)46-37(50)34(24-29-13-7-5-8-14-29)44-35(48)26-42-25-28(3)30-15-9-6-10-16-30/h5-10,13-16,27-28,31-34,42H,11-12,17-26,40H2,1-4H3,(H,44,48)(H,45,49)(H,46,50)(H2,41,43,52)/t28-,32?,33+,34?/m0/s1. The average molecular weight is 721 g/mol. The number of likely N-dealkylation sites (tertiary alicyclic amines) is 1. The minimum absolute atomic E-state index is 0.0252. The topological polar surface area (TPSA) is 187 Å². The zero-order chi connectivity index (χ0) is 37.9. The second-order valence-electron chi connectivity index (χ2n) is 14.1. The number of nitrogens with one attached hydrogen (secondary N) is 6. The van der Waals surface area contributed by atoms with Gasteiger partial charge in [0.05, 0.1) is 6.54 Å². The number of benzene rings is 2. The minimum Gasteiger partial charge on any atom is -0.343 e. The summed E-state index contributed by atoms with van der Waals surface area (Å²) in [5.41, 5.74) is 7.76. The Morgan fingerprint density at radius 3 is 2.04 bits per heavy atom. The molecule has 4 atom stereocenters. The zero-order valence-corrected chi connectivity index (χ0v) is 31.3. The first-order valence-corrected chi connectivity index (χ1v) is 18.7. The first-order chi connectivity index (χ1) is 25.0. The maximum atomic E-state index is 13.9. The van der Waals surface area contributed by atoms with Crippen molar-refractivity contribution in [2.75, 3.05) is 39.8 Å². The van der Waals surface area contributed by atoms with Crippen LogP contribution in [0.2, 0.25) is 0 Å². The van der Waals surface area contributed by atoms with Gasteiger partial charge in [0, 0.05) is 39.1 Å². The highest BCUT2D eigenvalue weighted by molar-refractivity contribution is 5.94. The molecule has 1 aliphatic heterocycles. The van der Waals surface area contributed by atoms with Crippen LogP contribution in [-0.4, -0.2) is 98.5 Å². The molecule has 0 radical (unpaired) electrons. The van der Waals surface area contributed by atoms with Crippen LogP contribution in [0.25, 0.3) is 0 Å². The Balaban J connectivity index is 1.69. The maximum absolute atomic E-state index is 13.9. The van der Waals surface area contributed by atoms with Crippen LogP contribution in [-0.2, 0) is 25.6 Å². The SMILES string of the molecule is CNC(=O)NC1CCN(C(=O)C(CCCCN)NC(=O)[C@@H](CC(C)C)NC(=O)C(Cc2ccccc2)NC(=O)CNC[C@H](C)c2ccccc2)CC1. The molecule has 8 N–H and O–H groups in total. The third kappa shape index (κ3) is 14.6. The third-order valence-corrected chi connectivity index (χ3v) is 9.31. The van der Waals surface area contributed by atoms with E-state index in [4.69, 9.17) is 5.73 Å². The average Bonchev–Trinajstić information content (AvgIpc) is 3.14. The van der Waals surface area contributed by atoms with Crippen molar-refractivity contribution < 1.29 is 24.0 Å². The van der Waals surface area contributed by atoms with Crippen LogP contribution in [0.5, 0.6) is 0 Å². The minimum atomic E-state index is -0.933. The van der Waals surface area contributed by atoms with Crippen LogP contribution < -0.4 is 37.6 Å². The van der Waals surface area contributed by atoms with Gasteiger partial charge in [0.25, 0.3) is 0 Å². The van der Waals surface area contributed by atoms with Crippen LogP contribution >= 0.6 is 0 Å². The lowest BCUT2D eigenvalue weighted by molar-refractivity contribution is -0.138. The molecule has 0 saturated carbocycles. The van der Waals surface area contributed by atoms with Crippen molar-refractivity contribution >= 4 is 29.7 Å². The Hall–Kier alpha value is -4.49. The van der Waals surface area contributed by atoms with E-state index in [0.29, 0.717) is 64.7 Å². The lowest BCUT2D eigenvalue weighted by Gasteiger charge is -2.35. The molecule has 2 aromatic rings. The number of nitrogens with two attached hydrogens (primary N) is 1. The maximum Gasteiger partial charge on any atom is 0.314 e. The van der Waals surface area contributed by atoms with Crippen molar-refractivity contribution in [1.29, 1.82) is 0 Å². The Labute approximate surface area is 309 Å². The third-order valence-electron chi connectivity index (χ3n) is 9.31. The molecule has 13 heteroatoms. The van der Waals surface area contributed by atoms with Crippen molar-refractivity contribution in [2.45, 2.75) is 95.8 Å². The summed E-state index contributed by atoms with van der Waals surface area (Å²) >= 11 is 0. The lowest BCUT2D eigenvalue weighted by atomic mass is 9.99. The monoisotopic (exact) mass is 720 g/mol. The van der Waals surface area contributed by atoms with Crippen molar-refractivity contribution in [1.82, 2.24) is 36.8 Å². The molecule has 1 saturated heterocycles. The molecule has 1 heterocycles. The molecule has 2 unspecified atom stereocenters. The number of hydrogen-bond donors (Lipinski definition) is 7. The van der Waals surface area contributed by atoms with E-state index in [0.717, 1.165) is 11.1 Å². The number of urea groups is 1. The number of piperidine rings is 1. The zero-order valence-electron chi connectivity index (χ0n) is 31.3. The van der Waals surface area contributed by atoms with Gasteiger partial charge in [-0.2, -0.15) is 0 Å². The molecular formula is C39H60N8O5. The summed E-state index contributed by atoms with van der Waals surface area (Å²) in [6, 6.07) is 16.5. The second kappa shape index (κ2) is 22.4. The highest BCUT2D eigenvalue weighted by Gasteiger charge is 2.33. The van der Waals surface area contributed by atoms with E-state index < -0.39 is 29.9 Å². The molecule has 2 aromatic carbocycles. The molecule has 286 valence electrons. The van der Waals surface area contributed by atoms with Crippen LogP contribution in [0.15, 0.2) is 60.7 Å². The summed E-state index contributed by atoms with van der Waals surface area (Å²) < 4.78 is 0. The van der Waals surface area contributed by atoms with Crippen molar-refractivity contribution in [2.24, 2.45) is 11.7 Å². The number of carbonyl (C=O) groups is 5. The quantitative estimate of drug-likeness (QED) is 0.102. The summed E-state index contributed by atoms with van der Waals surface area (Å²) in [5, 5.41) is 17.4. The first kappa shape index (κ1) is 41.9. The molecule has 0 aromatic heterocycles. The number of rotatable bonds is 20. The van der Waals surface area contributed by atoms with E-state index >= 15 is 0 Å². The number of carbonyl (C=O) groups excluding carboxylic acids is 5. The normalized spacial score (nSPS) is 15.5. The Morgan fingerprint density at radius 2 is 1.42 bits per heavy atom. The first-order valence-electron chi connectivity index (χ1n) is 18.7. The molecule has 1 fully saturated rings. The van der Waals surface area contributed by atoms with Crippen molar-refractivity contribution in [3.63, 3.8) is 0 Å². The van der Waals surface area contributed by atoms with Gasteiger partial charge >= 0.3 is 6.03 Å². The van der Waals surface area contributed by atoms with E-state index in [1.54, 1.807) is 11.9 Å². The summed E-state index contributed by atoms with van der Waals surface area (Å²) in [5.74, 6) is -1.22. The van der Waals surface area contributed by atoms with E-state index in [-0.39, 0.29) is 48.7 Å². The van der Waals surface area contributed by atoms with Gasteiger partial charge < -0.3 is 42.5 Å². The number of nitrogens with zero attached hydrogens (tertiary/aromatic N) is 1. The largest absolute Gasteiger partial charge is 0.343 e. The molecule has 0 bridgehead atoms. The number of amides is 6. The molecule has 6 amide bonds. The van der Waals surface area contributed by atoms with E-state index in [2.05, 4.69) is 38.8 Å². The van der Waals surface area contributed by atoms with E-state index in [9.17, 15) is 24.0 Å². The smallest absolute Gasteiger partial charge is 0.314 e. The Bertz CT molecular complexity index is 1400. The predicted molar refractivity (Wildman–Crippen MR) is 203 cm³/mol. The fraction of sp³-hybridized carbons (Fsp3) is 0.564. The molecule has 3 rings (SSSR count). The van der Waals surface area contributed by atoms with Crippen molar-refractivity contribution in [3.05, 3.63) is 71.8 Å². The fourth-order valence-electron chi connectivity index (χ4n) is 6.33. The summed E-state index contributed by atoms with van der Waals surface area (Å²) in [4.78, 5) is 68.2. The van der Waals surface area contributed by atoms with Gasteiger partial charge in [0.2, 0.25) is 23.6 Å². The number of unbranched alkanes of at least 4 members (excludes halogenated alkanes) is 1. The molecule has 0 aliphatic carbocycles. The van der Waals surface area contributed by atoms with Gasteiger partial charge in [-0.1, -0.05) is 81.4 Å². The molecule has 13 nitrogen and oxygen atoms in total. The fourth-order valence-corrected chi connectivity index (χ4v) is 6.33. The molecule has 0 spiro atoms. The highest BCUT2D eigenvalue weighted by Crippen LogP contribution is 2.16. The van der Waals surface area contributed by atoms with Gasteiger partial charge in [-0.3, -0.25) is 19.2 Å². The van der Waals surface area contributed by atoms with E-state index in [1.807, 2.05) is 74.5 Å².